The molecule has 1 aromatic rings. The van der Waals surface area contributed by atoms with Gasteiger partial charge in [0.05, 0.1) is 0 Å². The Bertz CT molecular complexity index is 452. The van der Waals surface area contributed by atoms with Gasteiger partial charge in [0, 0.05) is 23.2 Å². The van der Waals surface area contributed by atoms with Gasteiger partial charge in [-0.2, -0.15) is 0 Å². The zero-order chi connectivity index (χ0) is 10.1. The molecule has 0 saturated carbocycles. The van der Waals surface area contributed by atoms with E-state index in [-0.39, 0.29) is 30.5 Å². The number of hydrogen-bond donors (Lipinski definition) is 1. The van der Waals surface area contributed by atoms with Crippen LogP contribution in [0.3, 0.4) is 0 Å². The van der Waals surface area contributed by atoms with Crippen molar-refractivity contribution < 1.29 is 9.59 Å². The highest BCUT2D eigenvalue weighted by atomic mass is 35.5. The molecule has 0 aromatic heterocycles. The molecule has 78 valence electrons. The summed E-state index contributed by atoms with van der Waals surface area (Å²) in [7, 11) is 0. The molecule has 0 heterocycles. The number of nitrogens with two attached hydrogens (primary N) is 1. The minimum atomic E-state index is -0.138. The third-order valence-corrected chi connectivity index (χ3v) is 2.25. The number of allylic oxidation sites excluding steroid dienone is 1. The van der Waals surface area contributed by atoms with Gasteiger partial charge in [0.1, 0.15) is 0 Å². The van der Waals surface area contributed by atoms with Gasteiger partial charge in [-0.3, -0.25) is 9.59 Å². The van der Waals surface area contributed by atoms with E-state index in [9.17, 15) is 9.59 Å². The molecule has 0 atom stereocenters. The molecule has 0 amide bonds. The van der Waals surface area contributed by atoms with Crippen LogP contribution in [0.2, 0.25) is 0 Å². The van der Waals surface area contributed by atoms with Crippen LogP contribution in [0.15, 0.2) is 35.9 Å². The smallest absolute Gasteiger partial charge is 0.191 e. The molecule has 4 heteroatoms. The Morgan fingerprint density at radius 3 is 2.27 bits per heavy atom. The fourth-order valence-corrected chi connectivity index (χ4v) is 1.52. The molecular formula is C11H10ClNO2. The Morgan fingerprint density at radius 2 is 1.67 bits per heavy atom. The van der Waals surface area contributed by atoms with Gasteiger partial charge in [0.15, 0.2) is 11.6 Å². The van der Waals surface area contributed by atoms with E-state index in [1.807, 2.05) is 0 Å². The second-order valence-electron chi connectivity index (χ2n) is 3.11. The van der Waals surface area contributed by atoms with Gasteiger partial charge < -0.3 is 5.73 Å². The predicted octanol–water partition coefficient (Wildman–Crippen LogP) is 1.37. The van der Waals surface area contributed by atoms with Crippen LogP contribution in [0.4, 0.5) is 0 Å². The topological polar surface area (TPSA) is 60.2 Å². The van der Waals surface area contributed by atoms with E-state index >= 15 is 0 Å². The second kappa shape index (κ2) is 4.38. The highest BCUT2D eigenvalue weighted by Crippen LogP contribution is 2.19. The zero-order valence-electron chi connectivity index (χ0n) is 7.90. The molecule has 0 unspecified atom stereocenters. The van der Waals surface area contributed by atoms with Crippen LogP contribution < -0.4 is 5.73 Å². The highest BCUT2D eigenvalue weighted by Gasteiger charge is 2.23. The van der Waals surface area contributed by atoms with Gasteiger partial charge in [-0.25, -0.2) is 0 Å². The summed E-state index contributed by atoms with van der Waals surface area (Å²) in [4.78, 5) is 23.2. The standard InChI is InChI=1S/C11H9NO2.ClH/c12-6-7-5-10(13)8-3-1-2-4-9(8)11(7)14;/h1-5H,6,12H2;1H. The van der Waals surface area contributed by atoms with Crippen molar-refractivity contribution in [2.24, 2.45) is 5.73 Å². The monoisotopic (exact) mass is 223 g/mol. The first-order chi connectivity index (χ1) is 6.74. The summed E-state index contributed by atoms with van der Waals surface area (Å²) < 4.78 is 0. The number of hydrogen-bond acceptors (Lipinski definition) is 3. The third kappa shape index (κ3) is 1.84. The number of carbonyl (C=O) groups excluding carboxylic acids is 2. The minimum Gasteiger partial charge on any atom is -0.326 e. The van der Waals surface area contributed by atoms with Gasteiger partial charge in [-0.05, 0) is 6.08 Å². The van der Waals surface area contributed by atoms with Crippen LogP contribution in [-0.2, 0) is 0 Å². The number of rotatable bonds is 1. The van der Waals surface area contributed by atoms with Gasteiger partial charge >= 0.3 is 0 Å². The Kier molecular flexibility index (Phi) is 3.39. The lowest BCUT2D eigenvalue weighted by atomic mass is 9.90. The summed E-state index contributed by atoms with van der Waals surface area (Å²) >= 11 is 0. The summed E-state index contributed by atoms with van der Waals surface area (Å²) in [6.07, 6.45) is 1.32. The molecule has 1 aliphatic rings. The van der Waals surface area contributed by atoms with E-state index in [1.54, 1.807) is 24.3 Å². The molecule has 3 nitrogen and oxygen atoms in total. The van der Waals surface area contributed by atoms with Crippen molar-refractivity contribution in [3.05, 3.63) is 47.0 Å². The Morgan fingerprint density at radius 1 is 1.07 bits per heavy atom. The molecule has 0 bridgehead atoms. The number of ketones is 2. The number of Topliss-reactive ketones (excluding diaryl/α,β-unsaturated/α-hetero) is 1. The predicted molar refractivity (Wildman–Crippen MR) is 59.5 cm³/mol. The first kappa shape index (κ1) is 11.6. The largest absolute Gasteiger partial charge is 0.326 e. The number of benzene rings is 1. The van der Waals surface area contributed by atoms with E-state index in [4.69, 9.17) is 5.73 Å². The number of carbonyl (C=O) groups is 2. The van der Waals surface area contributed by atoms with Crippen LogP contribution in [0.1, 0.15) is 20.7 Å². The van der Waals surface area contributed by atoms with E-state index in [0.29, 0.717) is 16.7 Å². The molecular weight excluding hydrogens is 214 g/mol. The third-order valence-electron chi connectivity index (χ3n) is 2.25. The quantitative estimate of drug-likeness (QED) is 0.782. The lowest BCUT2D eigenvalue weighted by molar-refractivity contribution is 0.0983. The van der Waals surface area contributed by atoms with Crippen LogP contribution >= 0.6 is 12.4 Å². The summed E-state index contributed by atoms with van der Waals surface area (Å²) in [6, 6.07) is 6.78. The molecule has 1 aliphatic carbocycles. The Hall–Kier alpha value is -1.45. The van der Waals surface area contributed by atoms with E-state index in [1.165, 1.54) is 6.08 Å². The zero-order valence-corrected chi connectivity index (χ0v) is 8.71. The molecule has 1 aromatic carbocycles. The molecule has 0 saturated heterocycles. The molecule has 0 fully saturated rings. The second-order valence-corrected chi connectivity index (χ2v) is 3.11. The summed E-state index contributed by atoms with van der Waals surface area (Å²) in [5.41, 5.74) is 6.68. The average Bonchev–Trinajstić information content (AvgIpc) is 2.23. The van der Waals surface area contributed by atoms with E-state index in [0.717, 1.165) is 0 Å². The SMILES string of the molecule is Cl.NCC1=CC(=O)c2ccccc2C1=O. The molecule has 0 aliphatic heterocycles. The van der Waals surface area contributed by atoms with Crippen molar-refractivity contribution in [3.8, 4) is 0 Å². The van der Waals surface area contributed by atoms with Gasteiger partial charge in [-0.1, -0.05) is 24.3 Å². The van der Waals surface area contributed by atoms with Crippen molar-refractivity contribution in [1.29, 1.82) is 0 Å². The van der Waals surface area contributed by atoms with Crippen LogP contribution in [0.25, 0.3) is 0 Å². The fourth-order valence-electron chi connectivity index (χ4n) is 1.52. The molecule has 2 N–H and O–H groups in total. The molecule has 2 rings (SSSR count). The summed E-state index contributed by atoms with van der Waals surface area (Å²) in [6.45, 7) is 0.110. The van der Waals surface area contributed by atoms with Crippen molar-refractivity contribution in [2.45, 2.75) is 0 Å². The van der Waals surface area contributed by atoms with Gasteiger partial charge in [0.25, 0.3) is 0 Å². The lowest BCUT2D eigenvalue weighted by Crippen LogP contribution is -2.21. The molecule has 0 spiro atoms. The van der Waals surface area contributed by atoms with E-state index < -0.39 is 0 Å². The average molecular weight is 224 g/mol. The maximum absolute atomic E-state index is 11.7. The molecule has 0 radical (unpaired) electrons. The van der Waals surface area contributed by atoms with Crippen molar-refractivity contribution in [2.75, 3.05) is 6.54 Å². The van der Waals surface area contributed by atoms with Gasteiger partial charge in [-0.15, -0.1) is 12.4 Å². The van der Waals surface area contributed by atoms with Crippen molar-refractivity contribution in [1.82, 2.24) is 0 Å². The van der Waals surface area contributed by atoms with E-state index in [2.05, 4.69) is 0 Å². The van der Waals surface area contributed by atoms with Gasteiger partial charge in [0.2, 0.25) is 0 Å². The van der Waals surface area contributed by atoms with Crippen LogP contribution in [0.5, 0.6) is 0 Å². The summed E-state index contributed by atoms with van der Waals surface area (Å²) in [5, 5.41) is 0. The van der Waals surface area contributed by atoms with Crippen LogP contribution in [0, 0.1) is 0 Å². The Labute approximate surface area is 93.4 Å². The minimum absolute atomic E-state index is 0. The number of fused-ring (bicyclic) bond motifs is 1. The summed E-state index contributed by atoms with van der Waals surface area (Å²) in [5.74, 6) is -0.275. The first-order valence-corrected chi connectivity index (χ1v) is 4.32. The van der Waals surface area contributed by atoms with Crippen molar-refractivity contribution >= 4 is 24.0 Å². The number of halogens is 1. The highest BCUT2D eigenvalue weighted by molar-refractivity contribution is 6.24. The Balaban J connectivity index is 0.00000112. The van der Waals surface area contributed by atoms with Crippen molar-refractivity contribution in [3.63, 3.8) is 0 Å². The first-order valence-electron chi connectivity index (χ1n) is 4.32. The maximum Gasteiger partial charge on any atom is 0.191 e. The fraction of sp³-hybridized carbons (Fsp3) is 0.0909. The van der Waals surface area contributed by atoms with Crippen LogP contribution in [-0.4, -0.2) is 18.1 Å². The lowest BCUT2D eigenvalue weighted by Gasteiger charge is -2.12. The maximum atomic E-state index is 11.7. The molecule has 15 heavy (non-hydrogen) atoms. The normalized spacial score (nSPS) is 14.1.